The predicted octanol–water partition coefficient (Wildman–Crippen LogP) is 3.11. The van der Waals surface area contributed by atoms with Gasteiger partial charge in [0, 0.05) is 28.4 Å². The smallest absolute Gasteiger partial charge is 0.0331 e. The molecule has 17 heavy (non-hydrogen) atoms. The highest BCUT2D eigenvalue weighted by Crippen LogP contribution is 2.31. The predicted molar refractivity (Wildman–Crippen MR) is 75.9 cm³/mol. The van der Waals surface area contributed by atoms with Crippen LogP contribution in [0.1, 0.15) is 41.1 Å². The molecule has 3 heteroatoms. The summed E-state index contributed by atoms with van der Waals surface area (Å²) in [5.74, 6) is 0. The zero-order valence-electron chi connectivity index (χ0n) is 11.4. The summed E-state index contributed by atoms with van der Waals surface area (Å²) in [6.45, 7) is 9.25. The molecule has 0 spiro atoms. The molecule has 2 heterocycles. The van der Waals surface area contributed by atoms with Crippen LogP contribution >= 0.6 is 11.3 Å². The average molecular weight is 252 g/mol. The molecule has 1 aliphatic rings. The molecule has 1 aliphatic heterocycles. The van der Waals surface area contributed by atoms with E-state index in [0.717, 1.165) is 0 Å². The van der Waals surface area contributed by atoms with Crippen molar-refractivity contribution in [2.24, 2.45) is 0 Å². The summed E-state index contributed by atoms with van der Waals surface area (Å²) in [6, 6.07) is 3.61. The second kappa shape index (κ2) is 5.51. The van der Waals surface area contributed by atoms with Gasteiger partial charge in [0.05, 0.1) is 0 Å². The highest BCUT2D eigenvalue weighted by Gasteiger charge is 2.24. The third-order valence-corrected chi connectivity index (χ3v) is 4.92. The first-order valence-corrected chi connectivity index (χ1v) is 7.41. The lowest BCUT2D eigenvalue weighted by Gasteiger charge is -2.36. The molecule has 0 aromatic carbocycles. The van der Waals surface area contributed by atoms with Gasteiger partial charge in [-0.25, -0.2) is 0 Å². The van der Waals surface area contributed by atoms with E-state index < -0.39 is 0 Å². The highest BCUT2D eigenvalue weighted by molar-refractivity contribution is 7.12. The van der Waals surface area contributed by atoms with E-state index in [2.05, 4.69) is 44.1 Å². The number of likely N-dealkylation sites (N-methyl/N-ethyl adjacent to an activating group) is 1. The Morgan fingerprint density at radius 1 is 1.47 bits per heavy atom. The molecule has 2 rings (SSSR count). The van der Waals surface area contributed by atoms with E-state index in [1.54, 1.807) is 0 Å². The third kappa shape index (κ3) is 2.90. The molecule has 2 nitrogen and oxygen atoms in total. The minimum atomic E-state index is 0.566. The Labute approximate surface area is 109 Å². The Morgan fingerprint density at radius 3 is 2.82 bits per heavy atom. The average Bonchev–Trinajstić information content (AvgIpc) is 2.67. The molecule has 1 N–H and O–H groups in total. The van der Waals surface area contributed by atoms with Gasteiger partial charge in [-0.15, -0.1) is 11.3 Å². The number of nitrogens with zero attached hydrogens (tertiary/aromatic N) is 1. The lowest BCUT2D eigenvalue weighted by molar-refractivity contribution is 0.149. The first kappa shape index (κ1) is 13.1. The van der Waals surface area contributed by atoms with Gasteiger partial charge in [-0.1, -0.05) is 0 Å². The van der Waals surface area contributed by atoms with Crippen LogP contribution < -0.4 is 5.32 Å². The maximum Gasteiger partial charge on any atom is 0.0331 e. The van der Waals surface area contributed by atoms with Gasteiger partial charge in [0.1, 0.15) is 0 Å². The van der Waals surface area contributed by atoms with Crippen LogP contribution in [0.2, 0.25) is 0 Å². The SMILES string of the molecule is CNC1CCCN(C(C)c2cc(C)sc2C)C1. The maximum absolute atomic E-state index is 3.42. The number of likely N-dealkylation sites (tertiary alicyclic amines) is 1. The van der Waals surface area contributed by atoms with E-state index in [1.165, 1.54) is 41.2 Å². The van der Waals surface area contributed by atoms with Crippen LogP contribution in [-0.4, -0.2) is 31.1 Å². The summed E-state index contributed by atoms with van der Waals surface area (Å²) in [4.78, 5) is 5.55. The standard InChI is InChI=1S/C14H24N2S/c1-10-8-14(12(3)17-10)11(2)16-7-5-6-13(9-16)15-4/h8,11,13,15H,5-7,9H2,1-4H3. The van der Waals surface area contributed by atoms with E-state index in [0.29, 0.717) is 12.1 Å². The van der Waals surface area contributed by atoms with E-state index >= 15 is 0 Å². The summed E-state index contributed by atoms with van der Waals surface area (Å²) in [5, 5.41) is 3.42. The highest BCUT2D eigenvalue weighted by atomic mass is 32.1. The number of piperidine rings is 1. The Balaban J connectivity index is 2.08. The first-order chi connectivity index (χ1) is 8.11. The summed E-state index contributed by atoms with van der Waals surface area (Å²) in [7, 11) is 2.08. The molecular weight excluding hydrogens is 228 g/mol. The summed E-state index contributed by atoms with van der Waals surface area (Å²) < 4.78 is 0. The van der Waals surface area contributed by atoms with Crippen molar-refractivity contribution in [2.45, 2.75) is 45.7 Å². The number of rotatable bonds is 3. The summed E-state index contributed by atoms with van der Waals surface area (Å²) in [6.07, 6.45) is 2.64. The molecule has 1 aromatic heterocycles. The zero-order valence-corrected chi connectivity index (χ0v) is 12.2. The lowest BCUT2D eigenvalue weighted by atomic mass is 10.0. The van der Waals surface area contributed by atoms with Crippen molar-refractivity contribution in [3.8, 4) is 0 Å². The minimum absolute atomic E-state index is 0.566. The number of nitrogens with one attached hydrogen (secondary N) is 1. The molecular formula is C14H24N2S. The lowest BCUT2D eigenvalue weighted by Crippen LogP contribution is -2.45. The molecule has 2 atom stereocenters. The molecule has 0 radical (unpaired) electrons. The van der Waals surface area contributed by atoms with Crippen molar-refractivity contribution < 1.29 is 0 Å². The molecule has 0 bridgehead atoms. The van der Waals surface area contributed by atoms with E-state index in [1.807, 2.05) is 11.3 Å². The van der Waals surface area contributed by atoms with Crippen molar-refractivity contribution in [1.29, 1.82) is 0 Å². The fourth-order valence-corrected chi connectivity index (χ4v) is 3.87. The summed E-state index contributed by atoms with van der Waals surface area (Å²) >= 11 is 1.93. The zero-order chi connectivity index (χ0) is 12.4. The molecule has 0 amide bonds. The molecule has 96 valence electrons. The van der Waals surface area contributed by atoms with Gasteiger partial charge in [-0.05, 0) is 58.8 Å². The number of hydrogen-bond acceptors (Lipinski definition) is 3. The second-order valence-corrected chi connectivity index (χ2v) is 6.63. The topological polar surface area (TPSA) is 15.3 Å². The van der Waals surface area contributed by atoms with Crippen molar-refractivity contribution >= 4 is 11.3 Å². The van der Waals surface area contributed by atoms with Crippen LogP contribution in [0.4, 0.5) is 0 Å². The van der Waals surface area contributed by atoms with Gasteiger partial charge < -0.3 is 5.32 Å². The largest absolute Gasteiger partial charge is 0.316 e. The van der Waals surface area contributed by atoms with Crippen LogP contribution in [0, 0.1) is 13.8 Å². The van der Waals surface area contributed by atoms with Crippen molar-refractivity contribution in [2.75, 3.05) is 20.1 Å². The molecule has 0 aliphatic carbocycles. The molecule has 0 saturated carbocycles. The molecule has 1 fully saturated rings. The van der Waals surface area contributed by atoms with Gasteiger partial charge in [-0.2, -0.15) is 0 Å². The van der Waals surface area contributed by atoms with Crippen molar-refractivity contribution in [1.82, 2.24) is 10.2 Å². The van der Waals surface area contributed by atoms with Crippen LogP contribution in [0.25, 0.3) is 0 Å². The van der Waals surface area contributed by atoms with Gasteiger partial charge in [0.15, 0.2) is 0 Å². The van der Waals surface area contributed by atoms with Crippen LogP contribution in [0.5, 0.6) is 0 Å². The van der Waals surface area contributed by atoms with Gasteiger partial charge in [0.2, 0.25) is 0 Å². The van der Waals surface area contributed by atoms with E-state index in [-0.39, 0.29) is 0 Å². The Hall–Kier alpha value is -0.380. The summed E-state index contributed by atoms with van der Waals surface area (Å²) in [5.41, 5.74) is 1.53. The van der Waals surface area contributed by atoms with Gasteiger partial charge >= 0.3 is 0 Å². The fraction of sp³-hybridized carbons (Fsp3) is 0.714. The number of aryl methyl sites for hydroxylation is 2. The Bertz CT molecular complexity index is 372. The van der Waals surface area contributed by atoms with Crippen LogP contribution in [0.15, 0.2) is 6.07 Å². The van der Waals surface area contributed by atoms with Crippen molar-refractivity contribution in [3.63, 3.8) is 0 Å². The minimum Gasteiger partial charge on any atom is -0.316 e. The quantitative estimate of drug-likeness (QED) is 0.889. The number of hydrogen-bond donors (Lipinski definition) is 1. The van der Waals surface area contributed by atoms with Crippen molar-refractivity contribution in [3.05, 3.63) is 21.4 Å². The van der Waals surface area contributed by atoms with Crippen LogP contribution in [0.3, 0.4) is 0 Å². The van der Waals surface area contributed by atoms with E-state index in [9.17, 15) is 0 Å². The van der Waals surface area contributed by atoms with Gasteiger partial charge in [-0.3, -0.25) is 4.90 Å². The molecule has 2 unspecified atom stereocenters. The Morgan fingerprint density at radius 2 is 2.24 bits per heavy atom. The normalized spacial score (nSPS) is 23.9. The fourth-order valence-electron chi connectivity index (χ4n) is 2.86. The Kier molecular flexibility index (Phi) is 4.23. The maximum atomic E-state index is 3.42. The van der Waals surface area contributed by atoms with Crippen LogP contribution in [-0.2, 0) is 0 Å². The second-order valence-electron chi connectivity index (χ2n) is 5.17. The number of thiophene rings is 1. The first-order valence-electron chi connectivity index (χ1n) is 6.60. The van der Waals surface area contributed by atoms with E-state index in [4.69, 9.17) is 0 Å². The third-order valence-electron chi connectivity index (χ3n) is 3.94. The molecule has 1 saturated heterocycles. The monoisotopic (exact) mass is 252 g/mol. The van der Waals surface area contributed by atoms with Gasteiger partial charge in [0.25, 0.3) is 0 Å². The molecule has 1 aromatic rings.